The number of benzene rings is 5. The van der Waals surface area contributed by atoms with Crippen molar-refractivity contribution >= 4 is 84.3 Å². The second kappa shape index (κ2) is 33.5. The summed E-state index contributed by atoms with van der Waals surface area (Å²) < 4.78 is 54.9. The van der Waals surface area contributed by atoms with Gasteiger partial charge in [0, 0.05) is 95.9 Å². The second-order valence-corrected chi connectivity index (χ2v) is 22.0. The van der Waals surface area contributed by atoms with Crippen LogP contribution in [0.2, 0.25) is 0 Å². The lowest BCUT2D eigenvalue weighted by Crippen LogP contribution is -2.30. The summed E-state index contributed by atoms with van der Waals surface area (Å²) in [6.07, 6.45) is 3.01. The maximum Gasteiger partial charge on any atom is 0.251 e. The smallest absolute Gasteiger partial charge is 0.251 e. The van der Waals surface area contributed by atoms with Crippen LogP contribution >= 0.6 is 0 Å². The molecule has 0 bridgehead atoms. The highest BCUT2D eigenvalue weighted by atomic mass is 32.2. The van der Waals surface area contributed by atoms with E-state index in [1.807, 2.05) is 13.8 Å². The summed E-state index contributed by atoms with van der Waals surface area (Å²) in [5.41, 5.74) is 15.3. The van der Waals surface area contributed by atoms with Gasteiger partial charge in [-0.25, -0.2) is 26.3 Å². The van der Waals surface area contributed by atoms with Crippen molar-refractivity contribution in [1.82, 2.24) is 25.4 Å². The van der Waals surface area contributed by atoms with Crippen molar-refractivity contribution in [2.75, 3.05) is 69.7 Å². The molecule has 0 radical (unpaired) electrons. The van der Waals surface area contributed by atoms with Gasteiger partial charge in [-0.1, -0.05) is 44.2 Å². The highest BCUT2D eigenvalue weighted by Gasteiger charge is 2.29. The van der Waals surface area contributed by atoms with Crippen molar-refractivity contribution in [2.24, 2.45) is 16.5 Å². The molecule has 1 aliphatic carbocycles. The molecule has 6 rings (SSSR count). The molecular weight excluding hydrogens is 1130 g/mol. The lowest BCUT2D eigenvalue weighted by Gasteiger charge is -2.10. The summed E-state index contributed by atoms with van der Waals surface area (Å²) in [7, 11) is -7.64. The van der Waals surface area contributed by atoms with E-state index in [0.717, 1.165) is 6.42 Å². The van der Waals surface area contributed by atoms with E-state index >= 15 is 0 Å². The number of aliphatic imine (C=N–C) groups is 1. The van der Waals surface area contributed by atoms with E-state index in [-0.39, 0.29) is 121 Å². The number of nitrogens with one attached hydrogen (secondary N) is 7. The summed E-state index contributed by atoms with van der Waals surface area (Å²) >= 11 is 0. The van der Waals surface area contributed by atoms with Gasteiger partial charge in [0.2, 0.25) is 43.7 Å². The highest BCUT2D eigenvalue weighted by molar-refractivity contribution is 7.89. The Morgan fingerprint density at radius 2 is 0.905 bits per heavy atom. The van der Waals surface area contributed by atoms with Gasteiger partial charge < -0.3 is 53.4 Å². The first-order chi connectivity index (χ1) is 40.0. The van der Waals surface area contributed by atoms with Crippen molar-refractivity contribution in [1.29, 1.82) is 0 Å². The number of aliphatic hydroxyl groups excluding tert-OH is 3. The average molecular weight is 1200 g/mol. The number of amides is 7. The molecule has 14 N–H and O–H groups in total. The number of unbranched alkanes of at least 4 members (excludes halogenated alkanes) is 1. The van der Waals surface area contributed by atoms with Crippen molar-refractivity contribution in [3.05, 3.63) is 142 Å². The predicted molar refractivity (Wildman–Crippen MR) is 314 cm³/mol. The maximum atomic E-state index is 12.6. The minimum absolute atomic E-state index is 0.0294. The first-order valence-corrected chi connectivity index (χ1v) is 29.5. The summed E-state index contributed by atoms with van der Waals surface area (Å²) in [5.74, 6) is -3.05. The van der Waals surface area contributed by atoms with Crippen LogP contribution in [0.1, 0.15) is 122 Å². The van der Waals surface area contributed by atoms with Crippen LogP contribution in [0.4, 0.5) is 11.4 Å². The number of fused-ring (bicyclic) bond motifs is 3. The van der Waals surface area contributed by atoms with Crippen LogP contribution in [0.3, 0.4) is 0 Å². The minimum Gasteiger partial charge on any atom is -0.395 e. The van der Waals surface area contributed by atoms with Gasteiger partial charge in [0.15, 0.2) is 5.78 Å². The number of sulfonamides is 2. The average Bonchev–Trinajstić information content (AvgIpc) is 1.95. The number of aliphatic hydroxyl groups is 3. The molecule has 7 amide bonds. The fraction of sp³-hybridized carbons (Fsp3) is 0.316. The largest absolute Gasteiger partial charge is 0.395 e. The Balaban J connectivity index is 0.000000273. The molecule has 0 saturated carbocycles. The van der Waals surface area contributed by atoms with Gasteiger partial charge in [0.05, 0.1) is 35.3 Å². The lowest BCUT2D eigenvalue weighted by molar-refractivity contribution is -0.118. The van der Waals surface area contributed by atoms with Crippen LogP contribution in [0.25, 0.3) is 11.1 Å². The summed E-state index contributed by atoms with van der Waals surface area (Å²) in [6.45, 7) is 4.83. The normalized spacial score (nSPS) is 11.8. The van der Waals surface area contributed by atoms with Gasteiger partial charge in [0.25, 0.3) is 17.7 Å². The fourth-order valence-electron chi connectivity index (χ4n) is 7.79. The van der Waals surface area contributed by atoms with Gasteiger partial charge in [-0.05, 0) is 117 Å². The number of primary amides is 2. The maximum absolute atomic E-state index is 12.6. The molecule has 25 nitrogen and oxygen atoms in total. The van der Waals surface area contributed by atoms with Crippen LogP contribution in [0.5, 0.6) is 0 Å². The highest BCUT2D eigenvalue weighted by Crippen LogP contribution is 2.39. The first-order valence-electron chi connectivity index (χ1n) is 26.5. The van der Waals surface area contributed by atoms with Crippen LogP contribution in [-0.4, -0.2) is 144 Å². The van der Waals surface area contributed by atoms with Crippen LogP contribution in [0.15, 0.2) is 118 Å². The molecule has 0 atom stereocenters. The summed E-state index contributed by atoms with van der Waals surface area (Å²) in [4.78, 5) is 98.3. The van der Waals surface area contributed by atoms with Crippen molar-refractivity contribution in [2.45, 2.75) is 69.1 Å². The zero-order valence-electron chi connectivity index (χ0n) is 46.6. The third-order valence-corrected chi connectivity index (χ3v) is 14.8. The van der Waals surface area contributed by atoms with E-state index in [1.54, 1.807) is 54.6 Å². The summed E-state index contributed by atoms with van der Waals surface area (Å²) in [6, 6.07) is 26.2. The molecular formula is C57H70N10O15S2. The predicted octanol–water partition coefficient (Wildman–Crippen LogP) is 2.34. The van der Waals surface area contributed by atoms with Crippen molar-refractivity contribution in [3.8, 4) is 11.1 Å². The van der Waals surface area contributed by atoms with E-state index in [9.17, 15) is 55.2 Å². The Morgan fingerprint density at radius 1 is 0.488 bits per heavy atom. The molecule has 0 aromatic heterocycles. The van der Waals surface area contributed by atoms with E-state index < -0.39 is 43.7 Å². The molecule has 450 valence electrons. The van der Waals surface area contributed by atoms with E-state index in [1.165, 1.54) is 55.5 Å². The zero-order valence-corrected chi connectivity index (χ0v) is 48.2. The Labute approximate surface area is 486 Å². The van der Waals surface area contributed by atoms with Gasteiger partial charge in [0.1, 0.15) is 6.54 Å². The van der Waals surface area contributed by atoms with Crippen LogP contribution in [-0.2, 0) is 34.4 Å². The number of hydrogen-bond acceptors (Lipinski definition) is 16. The molecule has 0 heterocycles. The lowest BCUT2D eigenvalue weighted by atomic mass is 10.0. The van der Waals surface area contributed by atoms with Crippen LogP contribution < -0.4 is 47.5 Å². The van der Waals surface area contributed by atoms with Crippen molar-refractivity contribution in [3.63, 3.8) is 0 Å². The Kier molecular flexibility index (Phi) is 27.1. The zero-order chi connectivity index (χ0) is 62.0. The number of carbonyl (C=O) groups excluding carboxylic acids is 8. The Bertz CT molecular complexity index is 3210. The quantitative estimate of drug-likeness (QED) is 0.0248. The standard InChI is InChI=1S/C21H23N3O4.C20H24N4O6S2.C16H23N3O5/c1-14(25)15-6-4-8-17(12-15)23-19(26)10-2-3-11-20(27)24-18-9-5-7-16(13-18)21(22)28;1-2-7-23-31(27,28)13-3-5-15-16-6-4-14(32(29,30)24-8-9-25)11-18(16)20(17(15)10-13)22-12-19(21)26;1-2-3-17-14(22)11-8-12(15(23)18-4-6-20)10-13(9-11)16(24)19-5-7-21/h4-9,12-13H,2-3,10-11H2,1H3,(H2,22,28)(H,23,26)(H,24,27);3-6,10-11,23-25H,2,7-9,12H2,1H3,(H2,21,26);8-10,20-21H,2-7H2,1H3,(H,17,22)(H,18,23)(H,19,24). The van der Waals surface area contributed by atoms with Gasteiger partial charge in [-0.3, -0.25) is 43.3 Å². The molecule has 5 aromatic carbocycles. The molecule has 0 spiro atoms. The van der Waals surface area contributed by atoms with Crippen molar-refractivity contribution < 1.29 is 70.5 Å². The monoisotopic (exact) mass is 1200 g/mol. The number of nitrogens with two attached hydrogens (primary N) is 2. The topological polar surface area (TPSA) is 414 Å². The van der Waals surface area contributed by atoms with Gasteiger partial charge >= 0.3 is 0 Å². The number of carbonyl (C=O) groups is 8. The SMILES string of the molecule is CC(=O)c1cccc(NC(=O)CCCCC(=O)Nc2cccc(C(N)=O)c2)c1.CCCNC(=O)c1cc(C(=O)NCCO)cc(C(=O)NCCO)c1.CCCNS(=O)(=O)c1ccc2c(c1)C(=NCC(N)=O)c1cc(S(=O)(=O)NCCO)ccc1-2. The number of anilines is 2. The Morgan fingerprint density at radius 3 is 1.31 bits per heavy atom. The molecule has 0 saturated heterocycles. The van der Waals surface area contributed by atoms with E-state index in [0.29, 0.717) is 70.6 Å². The number of hydrogen-bond donors (Lipinski definition) is 12. The minimum atomic E-state index is -3.89. The van der Waals surface area contributed by atoms with Gasteiger partial charge in [-0.2, -0.15) is 0 Å². The third-order valence-electron chi connectivity index (χ3n) is 11.8. The molecule has 84 heavy (non-hydrogen) atoms. The number of nitrogens with zero attached hydrogens (tertiary/aromatic N) is 1. The van der Waals surface area contributed by atoms with E-state index in [4.69, 9.17) is 26.8 Å². The van der Waals surface area contributed by atoms with E-state index in [2.05, 4.69) is 41.0 Å². The third kappa shape index (κ3) is 21.0. The number of ketones is 1. The molecule has 0 fully saturated rings. The van der Waals surface area contributed by atoms with Crippen LogP contribution in [0, 0.1) is 0 Å². The first kappa shape index (κ1) is 67.9. The fourth-order valence-corrected chi connectivity index (χ4v) is 9.99. The second-order valence-electron chi connectivity index (χ2n) is 18.5. The molecule has 0 aliphatic heterocycles. The van der Waals surface area contributed by atoms with Gasteiger partial charge in [-0.15, -0.1) is 0 Å². The molecule has 27 heteroatoms. The molecule has 0 unspecified atom stereocenters. The number of Topliss-reactive ketones (excluding diaryl/α,β-unsaturated/α-hetero) is 1. The summed E-state index contributed by atoms with van der Waals surface area (Å²) in [5, 5.41) is 39.5. The molecule has 5 aromatic rings. The number of rotatable bonds is 28. The Hall–Kier alpha value is -8.57. The molecule has 1 aliphatic rings.